The number of rotatable bonds is 9. The van der Waals surface area contributed by atoms with Crippen LogP contribution in [0.3, 0.4) is 0 Å². The van der Waals surface area contributed by atoms with E-state index >= 15 is 0 Å². The van der Waals surface area contributed by atoms with Gasteiger partial charge >= 0.3 is 24.0 Å². The van der Waals surface area contributed by atoms with Gasteiger partial charge in [0.25, 0.3) is 0 Å². The van der Waals surface area contributed by atoms with Crippen LogP contribution in [0.15, 0.2) is 0 Å². The predicted octanol–water partition coefficient (Wildman–Crippen LogP) is 0.634. The number of nitrogens with zero attached hydrogens (tertiary/aromatic N) is 1. The minimum absolute atomic E-state index is 0.0294. The molecule has 2 N–H and O–H groups in total. The number of hydrogen-bond acceptors (Lipinski definition) is 6. The van der Waals surface area contributed by atoms with Gasteiger partial charge in [-0.05, 0) is 20.8 Å². The molecular formula is C14H25N3O6. The van der Waals surface area contributed by atoms with Crippen LogP contribution in [0.25, 0.3) is 0 Å². The lowest BCUT2D eigenvalue weighted by Gasteiger charge is -2.19. The molecule has 0 saturated heterocycles. The molecule has 0 atom stereocenters. The van der Waals surface area contributed by atoms with E-state index < -0.39 is 24.0 Å². The molecule has 0 bridgehead atoms. The molecule has 23 heavy (non-hydrogen) atoms. The van der Waals surface area contributed by atoms with Crippen molar-refractivity contribution in [2.24, 2.45) is 0 Å². The third-order valence-electron chi connectivity index (χ3n) is 2.63. The normalized spacial score (nSPS) is 9.70. The molecule has 0 saturated carbocycles. The monoisotopic (exact) mass is 331 g/mol. The first-order valence-corrected chi connectivity index (χ1v) is 7.60. The molecule has 0 aliphatic heterocycles. The zero-order valence-electron chi connectivity index (χ0n) is 13.8. The summed E-state index contributed by atoms with van der Waals surface area (Å²) in [4.78, 5) is 47.0. The van der Waals surface area contributed by atoms with E-state index in [0.717, 1.165) is 4.90 Å². The fourth-order valence-electron chi connectivity index (χ4n) is 1.58. The van der Waals surface area contributed by atoms with Gasteiger partial charge in [-0.15, -0.1) is 0 Å². The Bertz CT molecular complexity index is 377. The largest absolute Gasteiger partial charge is 0.466 e. The van der Waals surface area contributed by atoms with Crippen LogP contribution in [-0.4, -0.2) is 61.7 Å². The van der Waals surface area contributed by atoms with Gasteiger partial charge in [-0.1, -0.05) is 0 Å². The molecule has 0 radical (unpaired) electrons. The summed E-state index contributed by atoms with van der Waals surface area (Å²) in [5, 5.41) is 4.91. The van der Waals surface area contributed by atoms with Crippen LogP contribution in [0.1, 0.15) is 33.6 Å². The number of amides is 4. The number of carbonyl (C=O) groups is 4. The molecule has 0 spiro atoms. The van der Waals surface area contributed by atoms with Gasteiger partial charge in [0, 0.05) is 19.6 Å². The van der Waals surface area contributed by atoms with Gasteiger partial charge < -0.3 is 20.1 Å². The van der Waals surface area contributed by atoms with Crippen LogP contribution in [0.2, 0.25) is 0 Å². The average Bonchev–Trinajstić information content (AvgIpc) is 2.48. The Morgan fingerprint density at radius 3 is 1.48 bits per heavy atom. The first-order valence-electron chi connectivity index (χ1n) is 7.60. The summed E-state index contributed by atoms with van der Waals surface area (Å²) < 4.78 is 9.45. The summed E-state index contributed by atoms with van der Waals surface area (Å²) >= 11 is 0. The van der Waals surface area contributed by atoms with Crippen LogP contribution in [0, 0.1) is 0 Å². The summed E-state index contributed by atoms with van der Waals surface area (Å²) in [6.07, 6.45) is 0.0588. The molecule has 0 aromatic rings. The molecule has 0 aliphatic rings. The Morgan fingerprint density at radius 2 is 1.17 bits per heavy atom. The Hall–Kier alpha value is -2.32. The lowest BCUT2D eigenvalue weighted by Crippen LogP contribution is -2.49. The predicted molar refractivity (Wildman–Crippen MR) is 81.7 cm³/mol. The number of urea groups is 2. The quantitative estimate of drug-likeness (QED) is 0.599. The smallest absolute Gasteiger partial charge is 0.325 e. The van der Waals surface area contributed by atoms with Crippen molar-refractivity contribution >= 4 is 24.0 Å². The zero-order valence-corrected chi connectivity index (χ0v) is 13.8. The van der Waals surface area contributed by atoms with Crippen molar-refractivity contribution in [3.05, 3.63) is 0 Å². The standard InChI is InChI=1S/C14H25N3O6/c1-4-17(13(20)15-9-7-11(18)22-5-2)14(21)16-10-8-12(19)23-6-3/h4-10H2,1-3H3,(H,15,20)(H,16,21). The van der Waals surface area contributed by atoms with Gasteiger partial charge in [0.2, 0.25) is 0 Å². The van der Waals surface area contributed by atoms with E-state index in [1.165, 1.54) is 0 Å². The number of carbonyl (C=O) groups excluding carboxylic acids is 4. The first kappa shape index (κ1) is 20.7. The molecule has 0 rings (SSSR count). The van der Waals surface area contributed by atoms with E-state index in [0.29, 0.717) is 0 Å². The Kier molecular flexibility index (Phi) is 11.0. The van der Waals surface area contributed by atoms with E-state index in [-0.39, 0.29) is 45.7 Å². The van der Waals surface area contributed by atoms with E-state index in [1.54, 1.807) is 20.8 Å². The summed E-state index contributed by atoms with van der Waals surface area (Å²) in [5.74, 6) is -0.843. The van der Waals surface area contributed by atoms with Crippen LogP contribution >= 0.6 is 0 Å². The summed E-state index contributed by atoms with van der Waals surface area (Å²) in [7, 11) is 0. The maximum absolute atomic E-state index is 11.9. The van der Waals surface area contributed by atoms with Crippen LogP contribution in [0.4, 0.5) is 9.59 Å². The Balaban J connectivity index is 4.14. The first-order chi connectivity index (χ1) is 11.0. The van der Waals surface area contributed by atoms with Crippen LogP contribution in [-0.2, 0) is 19.1 Å². The van der Waals surface area contributed by atoms with E-state index in [4.69, 9.17) is 9.47 Å². The second-order valence-corrected chi connectivity index (χ2v) is 4.32. The summed E-state index contributed by atoms with van der Waals surface area (Å²) in [6, 6.07) is -1.24. The second kappa shape index (κ2) is 12.2. The number of nitrogens with one attached hydrogen (secondary N) is 2. The van der Waals surface area contributed by atoms with Crippen molar-refractivity contribution in [2.45, 2.75) is 33.6 Å². The SMILES string of the molecule is CCOC(=O)CCNC(=O)N(CC)C(=O)NCCC(=O)OCC. The topological polar surface area (TPSA) is 114 Å². The maximum Gasteiger partial charge on any atom is 0.325 e. The fraction of sp³-hybridized carbons (Fsp3) is 0.714. The minimum atomic E-state index is -0.620. The van der Waals surface area contributed by atoms with E-state index in [9.17, 15) is 19.2 Å². The van der Waals surface area contributed by atoms with Gasteiger partial charge in [0.05, 0.1) is 26.1 Å². The lowest BCUT2D eigenvalue weighted by molar-refractivity contribution is -0.143. The van der Waals surface area contributed by atoms with Gasteiger partial charge in [0.15, 0.2) is 0 Å². The van der Waals surface area contributed by atoms with Crippen molar-refractivity contribution < 1.29 is 28.7 Å². The highest BCUT2D eigenvalue weighted by atomic mass is 16.5. The molecule has 0 fully saturated rings. The summed E-state index contributed by atoms with van der Waals surface area (Å²) in [5.41, 5.74) is 0. The maximum atomic E-state index is 11.9. The third kappa shape index (κ3) is 9.33. The Labute approximate surface area is 135 Å². The number of ether oxygens (including phenoxy) is 2. The van der Waals surface area contributed by atoms with Crippen molar-refractivity contribution in [1.29, 1.82) is 0 Å². The number of hydrogen-bond donors (Lipinski definition) is 2. The summed E-state index contributed by atoms with van der Waals surface area (Å²) in [6.45, 7) is 5.86. The number of imide groups is 1. The molecule has 0 aromatic carbocycles. The third-order valence-corrected chi connectivity index (χ3v) is 2.63. The molecular weight excluding hydrogens is 306 g/mol. The molecule has 9 heteroatoms. The van der Waals surface area contributed by atoms with Gasteiger partial charge in [-0.2, -0.15) is 0 Å². The van der Waals surface area contributed by atoms with Crippen molar-refractivity contribution in [2.75, 3.05) is 32.8 Å². The van der Waals surface area contributed by atoms with Crippen LogP contribution in [0.5, 0.6) is 0 Å². The van der Waals surface area contributed by atoms with Crippen LogP contribution < -0.4 is 10.6 Å². The second-order valence-electron chi connectivity index (χ2n) is 4.32. The molecule has 4 amide bonds. The molecule has 0 aliphatic carbocycles. The van der Waals surface area contributed by atoms with Gasteiger partial charge in [0.1, 0.15) is 0 Å². The fourth-order valence-corrected chi connectivity index (χ4v) is 1.58. The lowest BCUT2D eigenvalue weighted by atomic mass is 10.4. The average molecular weight is 331 g/mol. The highest BCUT2D eigenvalue weighted by Crippen LogP contribution is 1.93. The van der Waals surface area contributed by atoms with Crippen molar-refractivity contribution in [3.8, 4) is 0 Å². The van der Waals surface area contributed by atoms with Gasteiger partial charge in [-0.3, -0.25) is 9.59 Å². The highest BCUT2D eigenvalue weighted by Gasteiger charge is 2.19. The molecule has 0 aromatic heterocycles. The zero-order chi connectivity index (χ0) is 17.7. The van der Waals surface area contributed by atoms with Crippen molar-refractivity contribution in [3.63, 3.8) is 0 Å². The van der Waals surface area contributed by atoms with Crippen molar-refractivity contribution in [1.82, 2.24) is 15.5 Å². The van der Waals surface area contributed by atoms with E-state index in [2.05, 4.69) is 10.6 Å². The Morgan fingerprint density at radius 1 is 0.783 bits per heavy atom. The molecule has 132 valence electrons. The number of esters is 2. The van der Waals surface area contributed by atoms with Gasteiger partial charge in [-0.25, -0.2) is 14.5 Å². The molecule has 9 nitrogen and oxygen atoms in total. The highest BCUT2D eigenvalue weighted by molar-refractivity contribution is 5.93. The molecule has 0 unspecified atom stereocenters. The van der Waals surface area contributed by atoms with E-state index in [1.807, 2.05) is 0 Å². The molecule has 0 heterocycles. The minimum Gasteiger partial charge on any atom is -0.466 e.